The third-order valence-corrected chi connectivity index (χ3v) is 7.95. The molecule has 0 radical (unpaired) electrons. The van der Waals surface area contributed by atoms with E-state index in [1.165, 1.54) is 11.8 Å². The lowest BCUT2D eigenvalue weighted by Crippen LogP contribution is -2.50. The van der Waals surface area contributed by atoms with Crippen LogP contribution >= 0.6 is 23.2 Å². The van der Waals surface area contributed by atoms with Crippen LogP contribution in [0.25, 0.3) is 0 Å². The lowest BCUT2D eigenvalue weighted by atomic mass is 10.0. The lowest BCUT2D eigenvalue weighted by Gasteiger charge is -2.36. The predicted octanol–water partition coefficient (Wildman–Crippen LogP) is 5.10. The van der Waals surface area contributed by atoms with Gasteiger partial charge in [-0.3, -0.25) is 19.4 Å². The number of hydrogen-bond acceptors (Lipinski definition) is 8. The number of rotatable bonds is 12. The van der Waals surface area contributed by atoms with Crippen LogP contribution < -0.4 is 14.5 Å². The summed E-state index contributed by atoms with van der Waals surface area (Å²) in [6.07, 6.45) is 1.70. The van der Waals surface area contributed by atoms with Gasteiger partial charge in [0, 0.05) is 45.6 Å². The molecule has 2 aliphatic heterocycles. The first-order chi connectivity index (χ1) is 19.8. The van der Waals surface area contributed by atoms with Crippen LogP contribution in [0.5, 0.6) is 5.75 Å². The highest BCUT2D eigenvalue weighted by molar-refractivity contribution is 6.43. The number of carbonyl (C=O) groups excluding carboxylic acids is 3. The molecule has 0 aliphatic carbocycles. The highest BCUT2D eigenvalue weighted by atomic mass is 35.5. The Morgan fingerprint density at radius 1 is 0.976 bits per heavy atom. The van der Waals surface area contributed by atoms with Crippen molar-refractivity contribution in [2.24, 2.45) is 0 Å². The zero-order valence-electron chi connectivity index (χ0n) is 23.6. The van der Waals surface area contributed by atoms with E-state index in [4.69, 9.17) is 37.4 Å². The zero-order valence-corrected chi connectivity index (χ0v) is 25.1. The molecule has 0 spiro atoms. The molecule has 11 heteroatoms. The van der Waals surface area contributed by atoms with E-state index in [9.17, 15) is 14.4 Å². The van der Waals surface area contributed by atoms with E-state index in [1.54, 1.807) is 12.1 Å². The number of aryl methyl sites for hydroxylation is 1. The second kappa shape index (κ2) is 14.8. The first kappa shape index (κ1) is 30.9. The Bertz CT molecular complexity index is 1230. The second-order valence-corrected chi connectivity index (χ2v) is 10.9. The molecule has 1 fully saturated rings. The number of esters is 2. The molecule has 4 rings (SSSR count). The first-order valence-electron chi connectivity index (χ1n) is 14.1. The summed E-state index contributed by atoms with van der Waals surface area (Å²) >= 11 is 12.6. The Labute approximate surface area is 251 Å². The molecule has 2 aromatic carbocycles. The van der Waals surface area contributed by atoms with Gasteiger partial charge in [-0.15, -0.1) is 0 Å². The van der Waals surface area contributed by atoms with Gasteiger partial charge >= 0.3 is 11.9 Å². The molecule has 1 saturated heterocycles. The average Bonchev–Trinajstić information content (AvgIpc) is 2.96. The fourth-order valence-corrected chi connectivity index (χ4v) is 5.45. The summed E-state index contributed by atoms with van der Waals surface area (Å²) in [6.45, 7) is 8.38. The molecule has 0 saturated carbocycles. The lowest BCUT2D eigenvalue weighted by molar-refractivity contribution is -0.167. The summed E-state index contributed by atoms with van der Waals surface area (Å²) in [5.74, 6) is -1.18. The van der Waals surface area contributed by atoms with Crippen LogP contribution in [-0.4, -0.2) is 74.9 Å². The summed E-state index contributed by atoms with van der Waals surface area (Å²) in [5.41, 5.74) is 2.35. The second-order valence-electron chi connectivity index (χ2n) is 10.1. The molecule has 0 N–H and O–H groups in total. The van der Waals surface area contributed by atoms with Gasteiger partial charge < -0.3 is 19.1 Å². The van der Waals surface area contributed by atoms with Crippen LogP contribution in [0.15, 0.2) is 36.4 Å². The van der Waals surface area contributed by atoms with Crippen LogP contribution in [0.4, 0.5) is 11.4 Å². The average molecular weight is 607 g/mol. The molecule has 1 amide bonds. The Morgan fingerprint density at radius 3 is 2.49 bits per heavy atom. The predicted molar refractivity (Wildman–Crippen MR) is 159 cm³/mol. The fraction of sp³-hybridized carbons (Fsp3) is 0.500. The van der Waals surface area contributed by atoms with Gasteiger partial charge in [0.2, 0.25) is 5.91 Å². The number of nitrogens with zero attached hydrogens (tertiary/aromatic N) is 3. The minimum absolute atomic E-state index is 0.167. The number of amides is 1. The minimum atomic E-state index is -1.48. The minimum Gasteiger partial charge on any atom is -0.494 e. The molecular formula is C30H37Cl2N3O6. The molecule has 2 aromatic rings. The smallest absolute Gasteiger partial charge is 0.369 e. The van der Waals surface area contributed by atoms with Crippen LogP contribution in [-0.2, 0) is 30.3 Å². The van der Waals surface area contributed by atoms with Crippen molar-refractivity contribution in [1.29, 1.82) is 0 Å². The van der Waals surface area contributed by atoms with Crippen molar-refractivity contribution in [2.45, 2.75) is 52.2 Å². The molecule has 222 valence electrons. The fourth-order valence-electron chi connectivity index (χ4n) is 5.04. The van der Waals surface area contributed by atoms with Crippen LogP contribution in [0.2, 0.25) is 10.0 Å². The van der Waals surface area contributed by atoms with Crippen LogP contribution in [0.1, 0.15) is 45.1 Å². The molecule has 2 heterocycles. The standard InChI is InChI=1S/C30H37Cl2N3O6/c1-3-18-40-30(38)29(41-21(2)36)35-26-20-23(11-9-22(26)10-12-27(35)37)39-19-5-4-13-33-14-16-34(17-15-33)25-8-6-7-24(31)28(25)32/h6-9,11,20,29H,3-5,10,12-19H2,1-2H3. The molecule has 0 aromatic heterocycles. The van der Waals surface area contributed by atoms with Crippen molar-refractivity contribution in [3.63, 3.8) is 0 Å². The molecule has 2 aliphatic rings. The van der Waals surface area contributed by atoms with Crippen LogP contribution in [0.3, 0.4) is 0 Å². The van der Waals surface area contributed by atoms with Gasteiger partial charge in [0.1, 0.15) is 5.75 Å². The Morgan fingerprint density at radius 2 is 1.76 bits per heavy atom. The maximum Gasteiger partial charge on any atom is 0.369 e. The molecule has 9 nitrogen and oxygen atoms in total. The maximum absolute atomic E-state index is 12.9. The quantitative estimate of drug-likeness (QED) is 0.244. The van der Waals surface area contributed by atoms with E-state index in [-0.39, 0.29) is 18.9 Å². The molecule has 1 atom stereocenters. The number of carbonyl (C=O) groups is 3. The van der Waals surface area contributed by atoms with Crippen LogP contribution in [0, 0.1) is 0 Å². The summed E-state index contributed by atoms with van der Waals surface area (Å²) in [5, 5.41) is 1.18. The normalized spacial score (nSPS) is 16.2. The van der Waals surface area contributed by atoms with Gasteiger partial charge in [-0.25, -0.2) is 4.79 Å². The number of unbranched alkanes of at least 4 members (excludes halogenated alkanes) is 1. The third-order valence-electron chi connectivity index (χ3n) is 7.14. The first-order valence-corrected chi connectivity index (χ1v) is 14.9. The largest absolute Gasteiger partial charge is 0.494 e. The van der Waals surface area contributed by atoms with Gasteiger partial charge in [0.15, 0.2) is 0 Å². The molecule has 0 bridgehead atoms. The van der Waals surface area contributed by atoms with Crippen molar-refractivity contribution in [2.75, 3.05) is 55.7 Å². The summed E-state index contributed by atoms with van der Waals surface area (Å²) in [7, 11) is 0. The van der Waals surface area contributed by atoms with Gasteiger partial charge in [-0.05, 0) is 56.0 Å². The van der Waals surface area contributed by atoms with E-state index in [2.05, 4.69) is 9.80 Å². The third kappa shape index (κ3) is 8.05. The summed E-state index contributed by atoms with van der Waals surface area (Å²) in [4.78, 5) is 43.4. The maximum atomic E-state index is 12.9. The number of piperazine rings is 1. The monoisotopic (exact) mass is 605 g/mol. The van der Waals surface area contributed by atoms with Crippen molar-refractivity contribution in [1.82, 2.24) is 4.90 Å². The van der Waals surface area contributed by atoms with Gasteiger partial charge in [-0.1, -0.05) is 42.3 Å². The Balaban J connectivity index is 1.29. The van der Waals surface area contributed by atoms with E-state index in [0.717, 1.165) is 56.8 Å². The van der Waals surface area contributed by atoms with Crippen molar-refractivity contribution < 1.29 is 28.6 Å². The number of anilines is 2. The van der Waals surface area contributed by atoms with E-state index in [1.807, 2.05) is 31.2 Å². The Hall–Kier alpha value is -3.01. The molecule has 41 heavy (non-hydrogen) atoms. The number of fused-ring (bicyclic) bond motifs is 1. The topological polar surface area (TPSA) is 88.6 Å². The van der Waals surface area contributed by atoms with Crippen molar-refractivity contribution in [3.8, 4) is 5.75 Å². The van der Waals surface area contributed by atoms with E-state index < -0.39 is 18.2 Å². The SMILES string of the molecule is CCCOC(=O)C(OC(C)=O)N1C(=O)CCc2ccc(OCCCCN3CCN(c4cccc(Cl)c4Cl)CC3)cc21. The van der Waals surface area contributed by atoms with Crippen molar-refractivity contribution >= 4 is 52.4 Å². The number of hydrogen-bond donors (Lipinski definition) is 0. The van der Waals surface area contributed by atoms with E-state index >= 15 is 0 Å². The van der Waals surface area contributed by atoms with Gasteiger partial charge in [0.05, 0.1) is 34.6 Å². The summed E-state index contributed by atoms with van der Waals surface area (Å²) < 4.78 is 16.5. The number of halogens is 2. The zero-order chi connectivity index (χ0) is 29.4. The Kier molecular flexibility index (Phi) is 11.1. The summed E-state index contributed by atoms with van der Waals surface area (Å²) in [6, 6.07) is 11.2. The molecule has 1 unspecified atom stereocenters. The number of benzene rings is 2. The van der Waals surface area contributed by atoms with Gasteiger partial charge in [0.25, 0.3) is 6.23 Å². The van der Waals surface area contributed by atoms with E-state index in [0.29, 0.717) is 40.9 Å². The van der Waals surface area contributed by atoms with Crippen molar-refractivity contribution in [3.05, 3.63) is 52.0 Å². The van der Waals surface area contributed by atoms with Gasteiger partial charge in [-0.2, -0.15) is 0 Å². The molecular weight excluding hydrogens is 569 g/mol. The number of ether oxygens (including phenoxy) is 3. The highest BCUT2D eigenvalue weighted by Gasteiger charge is 2.38. The highest BCUT2D eigenvalue weighted by Crippen LogP contribution is 2.34.